The number of hydrogen-bond acceptors (Lipinski definition) is 13. The summed E-state index contributed by atoms with van der Waals surface area (Å²) in [6, 6.07) is 0. The molecule has 35 heavy (non-hydrogen) atoms. The van der Waals surface area contributed by atoms with Crippen LogP contribution < -0.4 is 0 Å². The van der Waals surface area contributed by atoms with Crippen molar-refractivity contribution in [2.45, 2.75) is 20.3 Å². The SMILES string of the molecule is C=C(CS)OOCC(COCC(C)(C)COC(=O)CCS)(COOC(=C)CS)COOC(=C)CS. The van der Waals surface area contributed by atoms with Gasteiger partial charge in [0.1, 0.15) is 37.1 Å². The Kier molecular flexibility index (Phi) is 19.1. The zero-order valence-electron chi connectivity index (χ0n) is 20.4. The van der Waals surface area contributed by atoms with E-state index in [1.807, 2.05) is 13.8 Å². The van der Waals surface area contributed by atoms with Crippen LogP contribution in [0.3, 0.4) is 0 Å². The van der Waals surface area contributed by atoms with Gasteiger partial charge in [-0.05, 0) is 0 Å². The standard InChI is InChI=1S/C22H38O9S4/c1-17(8-33)29-26-14-22(15-27-30-18(2)9-34,16-28-31-19(3)10-35)13-24-11-21(4,5)12-25-20(23)6-7-32/h32-35H,1-3,6-16H2,4-5H3. The number of rotatable bonds is 23. The maximum atomic E-state index is 11.7. The molecular formula is C22H38O9S4. The highest BCUT2D eigenvalue weighted by molar-refractivity contribution is 7.80. The average Bonchev–Trinajstić information content (AvgIpc) is 2.82. The lowest BCUT2D eigenvalue weighted by molar-refractivity contribution is -0.347. The quantitative estimate of drug-likeness (QED) is 0.0474. The number of esters is 1. The number of carbonyl (C=O) groups excluding carboxylic acids is 1. The second-order valence-corrected chi connectivity index (χ2v) is 9.81. The van der Waals surface area contributed by atoms with Crippen LogP contribution in [-0.4, -0.2) is 68.6 Å². The summed E-state index contributed by atoms with van der Waals surface area (Å²) in [6.07, 6.45) is 0.238. The van der Waals surface area contributed by atoms with Gasteiger partial charge in [0.15, 0.2) is 0 Å². The summed E-state index contributed by atoms with van der Waals surface area (Å²) < 4.78 is 11.3. The van der Waals surface area contributed by atoms with E-state index < -0.39 is 10.8 Å². The summed E-state index contributed by atoms with van der Waals surface area (Å²) in [5, 5.41) is 0. The number of thiol groups is 4. The number of ether oxygens (including phenoxy) is 2. The minimum Gasteiger partial charge on any atom is -0.465 e. The molecule has 0 heterocycles. The van der Waals surface area contributed by atoms with E-state index in [1.54, 1.807) is 0 Å². The van der Waals surface area contributed by atoms with Crippen LogP contribution in [0.25, 0.3) is 0 Å². The van der Waals surface area contributed by atoms with Crippen molar-refractivity contribution in [3.8, 4) is 0 Å². The Hall–Kier alpha value is -0.670. The molecule has 0 N–H and O–H groups in total. The first-order chi connectivity index (χ1) is 16.5. The third kappa shape index (κ3) is 17.4. The van der Waals surface area contributed by atoms with Crippen molar-refractivity contribution in [3.05, 3.63) is 37.0 Å². The second-order valence-electron chi connectivity index (χ2n) is 8.42. The summed E-state index contributed by atoms with van der Waals surface area (Å²) in [4.78, 5) is 43.2. The first-order valence-corrected chi connectivity index (χ1v) is 13.1. The van der Waals surface area contributed by atoms with Gasteiger partial charge in [-0.25, -0.2) is 0 Å². The van der Waals surface area contributed by atoms with Crippen molar-refractivity contribution in [2.24, 2.45) is 10.8 Å². The monoisotopic (exact) mass is 574 g/mol. The molecule has 0 amide bonds. The highest BCUT2D eigenvalue weighted by Gasteiger charge is 2.36. The van der Waals surface area contributed by atoms with Crippen molar-refractivity contribution in [2.75, 3.05) is 62.7 Å². The van der Waals surface area contributed by atoms with Gasteiger partial charge in [-0.3, -0.25) is 4.79 Å². The van der Waals surface area contributed by atoms with Crippen LogP contribution in [0.15, 0.2) is 37.0 Å². The Morgan fingerprint density at radius 2 is 1.11 bits per heavy atom. The smallest absolute Gasteiger partial charge is 0.306 e. The van der Waals surface area contributed by atoms with Gasteiger partial charge in [0.25, 0.3) is 0 Å². The fourth-order valence-corrected chi connectivity index (χ4v) is 2.41. The first-order valence-electron chi connectivity index (χ1n) is 10.6. The Morgan fingerprint density at radius 1 is 0.686 bits per heavy atom. The zero-order valence-corrected chi connectivity index (χ0v) is 23.9. The molecule has 0 radical (unpaired) electrons. The second kappa shape index (κ2) is 19.4. The molecule has 204 valence electrons. The number of hydrogen-bond donors (Lipinski definition) is 4. The minimum atomic E-state index is -0.969. The van der Waals surface area contributed by atoms with Crippen LogP contribution in [0.1, 0.15) is 20.3 Å². The lowest BCUT2D eigenvalue weighted by Crippen LogP contribution is -2.43. The zero-order chi connectivity index (χ0) is 26.7. The fourth-order valence-electron chi connectivity index (χ4n) is 2.07. The number of carbonyl (C=O) groups is 1. The van der Waals surface area contributed by atoms with Crippen LogP contribution >= 0.6 is 50.5 Å². The fraction of sp³-hybridized carbons (Fsp3) is 0.682. The Labute approximate surface area is 230 Å². The van der Waals surface area contributed by atoms with Crippen LogP contribution in [0.4, 0.5) is 0 Å². The molecule has 0 fully saturated rings. The molecule has 9 nitrogen and oxygen atoms in total. The molecule has 0 spiro atoms. The van der Waals surface area contributed by atoms with E-state index in [9.17, 15) is 4.79 Å². The van der Waals surface area contributed by atoms with Crippen molar-refractivity contribution in [3.63, 3.8) is 0 Å². The Morgan fingerprint density at radius 3 is 1.49 bits per heavy atom. The first kappa shape index (κ1) is 34.3. The molecule has 0 aliphatic rings. The van der Waals surface area contributed by atoms with Gasteiger partial charge in [0, 0.05) is 11.2 Å². The average molecular weight is 575 g/mol. The van der Waals surface area contributed by atoms with Crippen LogP contribution in [0.5, 0.6) is 0 Å². The maximum absolute atomic E-state index is 11.7. The highest BCUT2D eigenvalue weighted by atomic mass is 32.1. The third-order valence-corrected chi connectivity index (χ3v) is 5.28. The van der Waals surface area contributed by atoms with Crippen molar-refractivity contribution in [1.29, 1.82) is 0 Å². The molecule has 0 aromatic carbocycles. The normalized spacial score (nSPS) is 11.6. The third-order valence-electron chi connectivity index (χ3n) is 4.00. The van der Waals surface area contributed by atoms with E-state index in [-0.39, 0.29) is 69.3 Å². The Bertz CT molecular complexity index is 604. The molecule has 0 aromatic heterocycles. The minimum absolute atomic E-state index is 0.0510. The topological polar surface area (TPSA) is 90.9 Å². The van der Waals surface area contributed by atoms with E-state index in [4.69, 9.17) is 38.8 Å². The summed E-state index contributed by atoms with van der Waals surface area (Å²) in [7, 11) is 0. The van der Waals surface area contributed by atoms with Gasteiger partial charge in [-0.2, -0.15) is 65.2 Å². The lowest BCUT2D eigenvalue weighted by atomic mass is 9.92. The molecule has 0 aromatic rings. The summed E-state index contributed by atoms with van der Waals surface area (Å²) in [5.74, 6) is 1.85. The molecule has 0 atom stereocenters. The molecule has 0 aliphatic heterocycles. The van der Waals surface area contributed by atoms with E-state index in [0.29, 0.717) is 23.0 Å². The van der Waals surface area contributed by atoms with Gasteiger partial charge in [0.2, 0.25) is 0 Å². The summed E-state index contributed by atoms with van der Waals surface area (Å²) in [6.45, 7) is 15.2. The Balaban J connectivity index is 5.31. The molecule has 0 bridgehead atoms. The van der Waals surface area contributed by atoms with Gasteiger partial charge in [-0.15, -0.1) is 0 Å². The predicted octanol–water partition coefficient (Wildman–Crippen LogP) is 4.05. The predicted molar refractivity (Wildman–Crippen MR) is 147 cm³/mol. The lowest BCUT2D eigenvalue weighted by Gasteiger charge is -2.32. The summed E-state index contributed by atoms with van der Waals surface area (Å²) in [5.41, 5.74) is -1.44. The molecule has 0 saturated carbocycles. The van der Waals surface area contributed by atoms with Gasteiger partial charge in [0.05, 0.1) is 48.9 Å². The molecule has 0 rings (SSSR count). The van der Waals surface area contributed by atoms with Crippen molar-refractivity contribution < 1.29 is 43.6 Å². The molecule has 13 heteroatoms. The van der Waals surface area contributed by atoms with Crippen molar-refractivity contribution in [1.82, 2.24) is 0 Å². The van der Waals surface area contributed by atoms with E-state index in [0.717, 1.165) is 0 Å². The van der Waals surface area contributed by atoms with Gasteiger partial charge < -0.3 is 24.1 Å². The molecular weight excluding hydrogens is 537 g/mol. The van der Waals surface area contributed by atoms with Gasteiger partial charge in [-0.1, -0.05) is 33.6 Å². The van der Waals surface area contributed by atoms with Crippen LogP contribution in [0, 0.1) is 10.8 Å². The van der Waals surface area contributed by atoms with Crippen molar-refractivity contribution >= 4 is 56.5 Å². The molecule has 0 unspecified atom stereocenters. The van der Waals surface area contributed by atoms with E-state index in [1.165, 1.54) is 0 Å². The highest BCUT2D eigenvalue weighted by Crippen LogP contribution is 2.25. The van der Waals surface area contributed by atoms with E-state index in [2.05, 4.69) is 70.3 Å². The molecule has 0 aliphatic carbocycles. The van der Waals surface area contributed by atoms with Gasteiger partial charge >= 0.3 is 5.97 Å². The molecule has 0 saturated heterocycles. The largest absolute Gasteiger partial charge is 0.465 e. The summed E-state index contributed by atoms with van der Waals surface area (Å²) >= 11 is 16.3. The van der Waals surface area contributed by atoms with E-state index >= 15 is 0 Å². The van der Waals surface area contributed by atoms with Crippen LogP contribution in [-0.2, 0) is 43.6 Å². The maximum Gasteiger partial charge on any atom is 0.306 e. The van der Waals surface area contributed by atoms with Crippen LogP contribution in [0.2, 0.25) is 0 Å².